The Labute approximate surface area is 67.9 Å². The first-order valence-electron chi connectivity index (χ1n) is 3.83. The van der Waals surface area contributed by atoms with Gasteiger partial charge in [-0.1, -0.05) is 0 Å². The molecule has 0 rings (SSSR count). The molecule has 64 valence electrons. The molecule has 3 nitrogen and oxygen atoms in total. The van der Waals surface area contributed by atoms with Crippen molar-refractivity contribution in [2.45, 2.75) is 33.0 Å². The van der Waals surface area contributed by atoms with E-state index in [1.807, 2.05) is 19.9 Å². The van der Waals surface area contributed by atoms with Gasteiger partial charge in [0.2, 0.25) is 0 Å². The molecule has 0 saturated carbocycles. The van der Waals surface area contributed by atoms with Crippen LogP contribution in [0.5, 0.6) is 0 Å². The Bertz CT molecular complexity index is 134. The van der Waals surface area contributed by atoms with Crippen LogP contribution in [0.3, 0.4) is 0 Å². The summed E-state index contributed by atoms with van der Waals surface area (Å²) >= 11 is 0. The summed E-state index contributed by atoms with van der Waals surface area (Å²) in [7, 11) is 0. The van der Waals surface area contributed by atoms with Gasteiger partial charge in [0.05, 0.1) is 12.5 Å². The monoisotopic (exact) mass is 157 g/mol. The van der Waals surface area contributed by atoms with Gasteiger partial charge in [-0.2, -0.15) is 5.26 Å². The van der Waals surface area contributed by atoms with E-state index >= 15 is 0 Å². The average molecular weight is 157 g/mol. The fourth-order valence-electron chi connectivity index (χ4n) is 0.898. The third-order valence-electron chi connectivity index (χ3n) is 1.30. The first kappa shape index (κ1) is 10.4. The van der Waals surface area contributed by atoms with Crippen LogP contribution in [-0.4, -0.2) is 19.0 Å². The molecule has 11 heavy (non-hydrogen) atoms. The van der Waals surface area contributed by atoms with Crippen LogP contribution in [0.2, 0.25) is 0 Å². The SMILES string of the molecule is CCOC(C)(CC#N)OCC. The van der Waals surface area contributed by atoms with E-state index < -0.39 is 5.79 Å². The molecule has 0 aromatic rings. The second kappa shape index (κ2) is 5.11. The minimum atomic E-state index is -0.710. The number of hydrogen-bond donors (Lipinski definition) is 0. The topological polar surface area (TPSA) is 42.2 Å². The molecule has 0 radical (unpaired) electrons. The molecular weight excluding hydrogens is 142 g/mol. The zero-order valence-electron chi connectivity index (χ0n) is 7.39. The molecule has 0 amide bonds. The molecule has 0 atom stereocenters. The molecular formula is C8H15NO2. The first-order chi connectivity index (χ1) is 5.18. The average Bonchev–Trinajstić information content (AvgIpc) is 1.88. The van der Waals surface area contributed by atoms with Gasteiger partial charge in [-0.25, -0.2) is 0 Å². The molecule has 0 aliphatic carbocycles. The maximum Gasteiger partial charge on any atom is 0.178 e. The van der Waals surface area contributed by atoms with Gasteiger partial charge in [0.25, 0.3) is 0 Å². The summed E-state index contributed by atoms with van der Waals surface area (Å²) in [6, 6.07) is 2.03. The van der Waals surface area contributed by atoms with Gasteiger partial charge in [0, 0.05) is 13.2 Å². The molecule has 0 fully saturated rings. The summed E-state index contributed by atoms with van der Waals surface area (Å²) < 4.78 is 10.5. The highest BCUT2D eigenvalue weighted by Gasteiger charge is 2.23. The summed E-state index contributed by atoms with van der Waals surface area (Å²) in [6.07, 6.45) is 0.272. The maximum atomic E-state index is 8.45. The Morgan fingerprint density at radius 2 is 1.73 bits per heavy atom. The van der Waals surface area contributed by atoms with Crippen LogP contribution in [0, 0.1) is 11.3 Å². The van der Waals surface area contributed by atoms with Gasteiger partial charge in [-0.15, -0.1) is 0 Å². The van der Waals surface area contributed by atoms with E-state index in [0.717, 1.165) is 0 Å². The van der Waals surface area contributed by atoms with Crippen molar-refractivity contribution in [3.63, 3.8) is 0 Å². The Hall–Kier alpha value is -0.590. The largest absolute Gasteiger partial charge is 0.349 e. The number of hydrogen-bond acceptors (Lipinski definition) is 3. The van der Waals surface area contributed by atoms with Gasteiger partial charge >= 0.3 is 0 Å². The van der Waals surface area contributed by atoms with Gasteiger partial charge in [0.1, 0.15) is 0 Å². The molecule has 3 heteroatoms. The highest BCUT2D eigenvalue weighted by Crippen LogP contribution is 2.15. The van der Waals surface area contributed by atoms with Crippen molar-refractivity contribution in [3.05, 3.63) is 0 Å². The second-order valence-corrected chi connectivity index (χ2v) is 2.33. The Morgan fingerprint density at radius 1 is 1.27 bits per heavy atom. The third kappa shape index (κ3) is 3.97. The predicted molar refractivity (Wildman–Crippen MR) is 41.9 cm³/mol. The van der Waals surface area contributed by atoms with Crippen LogP contribution in [0.1, 0.15) is 27.2 Å². The molecule has 0 spiro atoms. The van der Waals surface area contributed by atoms with Crippen molar-refractivity contribution in [2.24, 2.45) is 0 Å². The van der Waals surface area contributed by atoms with E-state index in [4.69, 9.17) is 14.7 Å². The lowest BCUT2D eigenvalue weighted by molar-refractivity contribution is -0.217. The van der Waals surface area contributed by atoms with E-state index in [9.17, 15) is 0 Å². The quantitative estimate of drug-likeness (QED) is 0.570. The van der Waals surface area contributed by atoms with Crippen molar-refractivity contribution in [1.82, 2.24) is 0 Å². The normalized spacial score (nSPS) is 11.1. The third-order valence-corrected chi connectivity index (χ3v) is 1.30. The Morgan fingerprint density at radius 3 is 2.00 bits per heavy atom. The number of rotatable bonds is 5. The van der Waals surface area contributed by atoms with Crippen LogP contribution < -0.4 is 0 Å². The zero-order chi connectivity index (χ0) is 8.74. The van der Waals surface area contributed by atoms with Gasteiger partial charge in [-0.05, 0) is 20.8 Å². The minimum Gasteiger partial charge on any atom is -0.349 e. The summed E-state index contributed by atoms with van der Waals surface area (Å²) in [4.78, 5) is 0. The Kier molecular flexibility index (Phi) is 4.84. The molecule has 0 bridgehead atoms. The molecule has 0 aromatic heterocycles. The van der Waals surface area contributed by atoms with Crippen molar-refractivity contribution in [2.75, 3.05) is 13.2 Å². The van der Waals surface area contributed by atoms with Crippen molar-refractivity contribution in [1.29, 1.82) is 5.26 Å². The van der Waals surface area contributed by atoms with Crippen LogP contribution in [0.4, 0.5) is 0 Å². The summed E-state index contributed by atoms with van der Waals surface area (Å²) in [5, 5.41) is 8.45. The highest BCUT2D eigenvalue weighted by molar-refractivity contribution is 4.79. The van der Waals surface area contributed by atoms with Crippen LogP contribution in [0.15, 0.2) is 0 Å². The van der Waals surface area contributed by atoms with E-state index in [0.29, 0.717) is 13.2 Å². The van der Waals surface area contributed by atoms with E-state index in [2.05, 4.69) is 0 Å². The fourth-order valence-corrected chi connectivity index (χ4v) is 0.898. The summed E-state index contributed by atoms with van der Waals surface area (Å²) in [6.45, 7) is 6.68. The lowest BCUT2D eigenvalue weighted by Gasteiger charge is -2.26. The van der Waals surface area contributed by atoms with E-state index in [-0.39, 0.29) is 6.42 Å². The minimum absolute atomic E-state index is 0.272. The molecule has 0 N–H and O–H groups in total. The van der Waals surface area contributed by atoms with Crippen LogP contribution in [0.25, 0.3) is 0 Å². The standard InChI is InChI=1S/C8H15NO2/c1-4-10-8(3,6-7-9)11-5-2/h4-6H2,1-3H3. The van der Waals surface area contributed by atoms with Gasteiger partial charge < -0.3 is 9.47 Å². The zero-order valence-corrected chi connectivity index (χ0v) is 7.39. The summed E-state index contributed by atoms with van der Waals surface area (Å²) in [5.41, 5.74) is 0. The van der Waals surface area contributed by atoms with Crippen LogP contribution >= 0.6 is 0 Å². The van der Waals surface area contributed by atoms with Crippen molar-refractivity contribution < 1.29 is 9.47 Å². The van der Waals surface area contributed by atoms with Crippen LogP contribution in [-0.2, 0) is 9.47 Å². The smallest absolute Gasteiger partial charge is 0.178 e. The van der Waals surface area contributed by atoms with Crippen molar-refractivity contribution in [3.8, 4) is 6.07 Å². The molecule has 0 saturated heterocycles. The molecule has 0 aliphatic heterocycles. The lowest BCUT2D eigenvalue weighted by Crippen LogP contribution is -2.31. The fraction of sp³-hybridized carbons (Fsp3) is 0.875. The highest BCUT2D eigenvalue weighted by atomic mass is 16.7. The second-order valence-electron chi connectivity index (χ2n) is 2.33. The number of nitrogens with zero attached hydrogens (tertiary/aromatic N) is 1. The molecule has 0 heterocycles. The first-order valence-corrected chi connectivity index (χ1v) is 3.83. The lowest BCUT2D eigenvalue weighted by atomic mass is 10.2. The molecule has 0 aliphatic rings. The molecule has 0 unspecified atom stereocenters. The number of nitriles is 1. The van der Waals surface area contributed by atoms with E-state index in [1.165, 1.54) is 0 Å². The maximum absolute atomic E-state index is 8.45. The summed E-state index contributed by atoms with van der Waals surface area (Å²) in [5.74, 6) is -0.710. The van der Waals surface area contributed by atoms with E-state index in [1.54, 1.807) is 6.92 Å². The van der Waals surface area contributed by atoms with Gasteiger partial charge in [-0.3, -0.25) is 0 Å². The predicted octanol–water partition coefficient (Wildman–Crippen LogP) is 1.69. The Balaban J connectivity index is 3.92. The molecule has 0 aromatic carbocycles. The number of ether oxygens (including phenoxy) is 2. The van der Waals surface area contributed by atoms with Gasteiger partial charge in [0.15, 0.2) is 5.79 Å². The van der Waals surface area contributed by atoms with Crippen molar-refractivity contribution >= 4 is 0 Å².